The number of benzene rings is 1. The third-order valence-corrected chi connectivity index (χ3v) is 6.57. The van der Waals surface area contributed by atoms with Gasteiger partial charge in [-0.3, -0.25) is 4.79 Å². The Morgan fingerprint density at radius 1 is 1.29 bits per heavy atom. The lowest BCUT2D eigenvalue weighted by atomic mass is 10.1. The molecular weight excluding hydrogens is 386 g/mol. The Balaban J connectivity index is 1.52. The number of halogens is 1. The van der Waals surface area contributed by atoms with Crippen LogP contribution >= 0.6 is 27.7 Å². The number of aromatic nitrogens is 2. The maximum atomic E-state index is 12.5. The van der Waals surface area contributed by atoms with Crippen LogP contribution in [0.15, 0.2) is 40.2 Å². The summed E-state index contributed by atoms with van der Waals surface area (Å²) in [6.07, 6.45) is 7.70. The molecule has 6 heteroatoms. The van der Waals surface area contributed by atoms with Crippen LogP contribution in [0, 0.1) is 13.8 Å². The molecule has 1 aromatic carbocycles. The van der Waals surface area contributed by atoms with Crippen molar-refractivity contribution in [1.29, 1.82) is 0 Å². The van der Waals surface area contributed by atoms with Gasteiger partial charge in [-0.05, 0) is 49.9 Å². The molecule has 1 aromatic heterocycles. The minimum atomic E-state index is 0.240. The molecule has 0 saturated carbocycles. The molecule has 1 aliphatic heterocycles. The van der Waals surface area contributed by atoms with Crippen LogP contribution in [0.3, 0.4) is 0 Å². The fourth-order valence-corrected chi connectivity index (χ4v) is 4.51. The quantitative estimate of drug-likeness (QED) is 0.712. The SMILES string of the molecule is Cc1cc(SCC(=O)N2CCC(n3ccnc3)CC2)c(C)cc1Br. The Hall–Kier alpha value is -1.27. The Morgan fingerprint density at radius 3 is 2.71 bits per heavy atom. The molecule has 1 fully saturated rings. The van der Waals surface area contributed by atoms with Crippen LogP contribution in [0.2, 0.25) is 0 Å². The van der Waals surface area contributed by atoms with E-state index in [1.807, 2.05) is 23.6 Å². The standard InChI is InChI=1S/C18H22BrN3OS/c1-13-10-17(14(2)9-16(13)19)24-11-18(23)21-6-3-15(4-7-21)22-8-5-20-12-22/h5,8-10,12,15H,3-4,6-7,11H2,1-2H3. The zero-order chi connectivity index (χ0) is 17.1. The zero-order valence-corrected chi connectivity index (χ0v) is 16.4. The highest BCUT2D eigenvalue weighted by atomic mass is 79.9. The van der Waals surface area contributed by atoms with Crippen molar-refractivity contribution in [3.05, 3.63) is 46.5 Å². The molecule has 2 aromatic rings. The van der Waals surface area contributed by atoms with E-state index in [1.54, 1.807) is 11.8 Å². The van der Waals surface area contributed by atoms with Gasteiger partial charge in [-0.2, -0.15) is 0 Å². The van der Waals surface area contributed by atoms with Gasteiger partial charge in [0.2, 0.25) is 5.91 Å². The average molecular weight is 408 g/mol. The van der Waals surface area contributed by atoms with Crippen LogP contribution in [0.4, 0.5) is 0 Å². The summed E-state index contributed by atoms with van der Waals surface area (Å²) in [5.74, 6) is 0.751. The van der Waals surface area contributed by atoms with Gasteiger partial charge in [-0.25, -0.2) is 4.98 Å². The van der Waals surface area contributed by atoms with E-state index in [0.717, 1.165) is 30.4 Å². The van der Waals surface area contributed by atoms with E-state index in [0.29, 0.717) is 11.8 Å². The Morgan fingerprint density at radius 2 is 2.04 bits per heavy atom. The molecule has 128 valence electrons. The van der Waals surface area contributed by atoms with Crippen molar-refractivity contribution in [2.75, 3.05) is 18.8 Å². The second-order valence-electron chi connectivity index (χ2n) is 6.28. The maximum Gasteiger partial charge on any atom is 0.232 e. The summed E-state index contributed by atoms with van der Waals surface area (Å²) < 4.78 is 3.28. The summed E-state index contributed by atoms with van der Waals surface area (Å²) in [7, 11) is 0. The molecule has 0 bridgehead atoms. The van der Waals surface area contributed by atoms with Gasteiger partial charge in [-0.15, -0.1) is 11.8 Å². The number of piperidine rings is 1. The number of hydrogen-bond acceptors (Lipinski definition) is 3. The molecule has 1 aliphatic rings. The second kappa shape index (κ2) is 7.74. The molecule has 3 rings (SSSR count). The molecule has 4 nitrogen and oxygen atoms in total. The molecule has 0 radical (unpaired) electrons. The van der Waals surface area contributed by atoms with Crippen molar-refractivity contribution in [3.63, 3.8) is 0 Å². The first-order chi connectivity index (χ1) is 11.5. The monoisotopic (exact) mass is 407 g/mol. The predicted octanol–water partition coefficient (Wildman–Crippen LogP) is 4.22. The first-order valence-electron chi connectivity index (χ1n) is 8.19. The van der Waals surface area contributed by atoms with Crippen LogP contribution in [0.25, 0.3) is 0 Å². The van der Waals surface area contributed by atoms with Gasteiger partial charge in [-0.1, -0.05) is 15.9 Å². The highest BCUT2D eigenvalue weighted by Crippen LogP contribution is 2.29. The van der Waals surface area contributed by atoms with E-state index in [2.05, 4.69) is 51.5 Å². The average Bonchev–Trinajstić information content (AvgIpc) is 3.11. The lowest BCUT2D eigenvalue weighted by molar-refractivity contribution is -0.129. The molecule has 0 spiro atoms. The number of carbonyl (C=O) groups excluding carboxylic acids is 1. The van der Waals surface area contributed by atoms with Gasteiger partial charge in [0.15, 0.2) is 0 Å². The molecule has 1 saturated heterocycles. The van der Waals surface area contributed by atoms with E-state index in [9.17, 15) is 4.79 Å². The molecule has 0 unspecified atom stereocenters. The number of likely N-dealkylation sites (tertiary alicyclic amines) is 1. The molecular formula is C18H22BrN3OS. The van der Waals surface area contributed by atoms with E-state index in [4.69, 9.17) is 0 Å². The highest BCUT2D eigenvalue weighted by Gasteiger charge is 2.23. The largest absolute Gasteiger partial charge is 0.342 e. The number of carbonyl (C=O) groups is 1. The number of amides is 1. The normalized spacial score (nSPS) is 15.7. The Bertz CT molecular complexity index is 709. The lowest BCUT2D eigenvalue weighted by Gasteiger charge is -2.32. The van der Waals surface area contributed by atoms with Gasteiger partial charge in [0.25, 0.3) is 0 Å². The summed E-state index contributed by atoms with van der Waals surface area (Å²) in [5.41, 5.74) is 2.42. The predicted molar refractivity (Wildman–Crippen MR) is 101 cm³/mol. The number of thioether (sulfide) groups is 1. The minimum absolute atomic E-state index is 0.240. The first kappa shape index (κ1) is 17.5. The molecule has 2 heterocycles. The molecule has 0 atom stereocenters. The lowest BCUT2D eigenvalue weighted by Crippen LogP contribution is -2.39. The fraction of sp³-hybridized carbons (Fsp3) is 0.444. The maximum absolute atomic E-state index is 12.5. The van der Waals surface area contributed by atoms with Crippen LogP contribution in [0.5, 0.6) is 0 Å². The molecule has 24 heavy (non-hydrogen) atoms. The van der Waals surface area contributed by atoms with Gasteiger partial charge in [0.05, 0.1) is 12.1 Å². The van der Waals surface area contributed by atoms with Gasteiger partial charge in [0, 0.05) is 40.9 Å². The minimum Gasteiger partial charge on any atom is -0.342 e. The van der Waals surface area contributed by atoms with Crippen LogP contribution in [-0.2, 0) is 4.79 Å². The Kier molecular flexibility index (Phi) is 5.66. The third kappa shape index (κ3) is 4.03. The highest BCUT2D eigenvalue weighted by molar-refractivity contribution is 9.10. The van der Waals surface area contributed by atoms with Gasteiger partial charge in [0.1, 0.15) is 0 Å². The molecule has 1 amide bonds. The number of aryl methyl sites for hydroxylation is 2. The van der Waals surface area contributed by atoms with Crippen LogP contribution in [-0.4, -0.2) is 39.2 Å². The summed E-state index contributed by atoms with van der Waals surface area (Å²) in [5, 5.41) is 0. The topological polar surface area (TPSA) is 38.1 Å². The number of nitrogens with zero attached hydrogens (tertiary/aromatic N) is 3. The first-order valence-corrected chi connectivity index (χ1v) is 9.97. The summed E-state index contributed by atoms with van der Waals surface area (Å²) in [4.78, 5) is 19.8. The van der Waals surface area contributed by atoms with Crippen molar-refractivity contribution in [1.82, 2.24) is 14.5 Å². The van der Waals surface area contributed by atoms with E-state index >= 15 is 0 Å². The summed E-state index contributed by atoms with van der Waals surface area (Å²) in [6.45, 7) is 5.84. The van der Waals surface area contributed by atoms with Crippen LogP contribution in [0.1, 0.15) is 30.0 Å². The zero-order valence-electron chi connectivity index (χ0n) is 14.0. The summed E-state index contributed by atoms with van der Waals surface area (Å²) in [6, 6.07) is 4.75. The Labute approximate surface area is 155 Å². The number of rotatable bonds is 4. The van der Waals surface area contributed by atoms with Crippen LogP contribution < -0.4 is 0 Å². The third-order valence-electron chi connectivity index (χ3n) is 4.57. The van der Waals surface area contributed by atoms with Crippen molar-refractivity contribution in [2.24, 2.45) is 0 Å². The van der Waals surface area contributed by atoms with E-state index in [1.165, 1.54) is 16.0 Å². The van der Waals surface area contributed by atoms with Crippen molar-refractivity contribution in [2.45, 2.75) is 37.6 Å². The van der Waals surface area contributed by atoms with Crippen molar-refractivity contribution < 1.29 is 4.79 Å². The van der Waals surface area contributed by atoms with E-state index in [-0.39, 0.29) is 5.91 Å². The molecule has 0 aliphatic carbocycles. The fourth-order valence-electron chi connectivity index (χ4n) is 3.04. The van der Waals surface area contributed by atoms with Gasteiger partial charge >= 0.3 is 0 Å². The second-order valence-corrected chi connectivity index (χ2v) is 8.15. The number of hydrogen-bond donors (Lipinski definition) is 0. The smallest absolute Gasteiger partial charge is 0.232 e. The summed E-state index contributed by atoms with van der Waals surface area (Å²) >= 11 is 5.20. The van der Waals surface area contributed by atoms with Crippen molar-refractivity contribution in [3.8, 4) is 0 Å². The number of imidazole rings is 1. The molecule has 0 N–H and O–H groups in total. The van der Waals surface area contributed by atoms with E-state index < -0.39 is 0 Å². The van der Waals surface area contributed by atoms with Gasteiger partial charge < -0.3 is 9.47 Å². The van der Waals surface area contributed by atoms with Crippen molar-refractivity contribution >= 4 is 33.6 Å².